The van der Waals surface area contributed by atoms with Gasteiger partial charge in [-0.3, -0.25) is 19.5 Å². The maximum atomic E-state index is 12.4. The van der Waals surface area contributed by atoms with E-state index < -0.39 is 4.92 Å². The van der Waals surface area contributed by atoms with Gasteiger partial charge in [-0.25, -0.2) is 0 Å². The van der Waals surface area contributed by atoms with Crippen molar-refractivity contribution in [1.82, 2.24) is 14.8 Å². The summed E-state index contributed by atoms with van der Waals surface area (Å²) in [6.45, 7) is 8.44. The average Bonchev–Trinajstić information content (AvgIpc) is 3.12. The highest BCUT2D eigenvalue weighted by Gasteiger charge is 2.17. The highest BCUT2D eigenvalue weighted by atomic mass is 32.2. The molecule has 0 atom stereocenters. The number of nitrogens with zero attached hydrogens (tertiary/aromatic N) is 4. The number of thioether (sulfide) groups is 1. The molecule has 0 bridgehead atoms. The highest BCUT2D eigenvalue weighted by molar-refractivity contribution is 7.99. The van der Waals surface area contributed by atoms with Gasteiger partial charge >= 0.3 is 0 Å². The summed E-state index contributed by atoms with van der Waals surface area (Å²) in [4.78, 5) is 22.9. The van der Waals surface area contributed by atoms with Crippen LogP contribution in [0.15, 0.2) is 60.3 Å². The summed E-state index contributed by atoms with van der Waals surface area (Å²) in [5, 5.41) is 22.6. The van der Waals surface area contributed by atoms with Crippen molar-refractivity contribution >= 4 is 29.0 Å². The van der Waals surface area contributed by atoms with E-state index in [2.05, 4.69) is 28.2 Å². The quantitative estimate of drug-likeness (QED) is 0.211. The number of anilines is 1. The lowest BCUT2D eigenvalue weighted by Gasteiger charge is -2.10. The summed E-state index contributed by atoms with van der Waals surface area (Å²) >= 11 is 1.18. The molecule has 0 aliphatic carbocycles. The smallest absolute Gasteiger partial charge is 0.292 e. The first-order valence-electron chi connectivity index (χ1n) is 9.77. The zero-order valence-electron chi connectivity index (χ0n) is 17.8. The van der Waals surface area contributed by atoms with E-state index in [1.807, 2.05) is 30.5 Å². The number of nitrogens with one attached hydrogen (secondary N) is 1. The van der Waals surface area contributed by atoms with E-state index in [1.165, 1.54) is 23.9 Å². The minimum atomic E-state index is -0.536. The van der Waals surface area contributed by atoms with E-state index >= 15 is 0 Å². The Morgan fingerprint density at radius 1 is 1.25 bits per heavy atom. The Morgan fingerprint density at radius 2 is 1.97 bits per heavy atom. The molecule has 1 N–H and O–H groups in total. The summed E-state index contributed by atoms with van der Waals surface area (Å²) < 4.78 is 7.70. The van der Waals surface area contributed by atoms with Gasteiger partial charge in [-0.1, -0.05) is 36.0 Å². The summed E-state index contributed by atoms with van der Waals surface area (Å²) in [5.41, 5.74) is 2.20. The predicted molar refractivity (Wildman–Crippen MR) is 123 cm³/mol. The van der Waals surface area contributed by atoms with Crippen LogP contribution in [-0.4, -0.2) is 31.3 Å². The number of allylic oxidation sites excluding steroid dienone is 1. The first-order chi connectivity index (χ1) is 15.4. The van der Waals surface area contributed by atoms with E-state index in [4.69, 9.17) is 4.74 Å². The van der Waals surface area contributed by atoms with Crippen LogP contribution in [0.4, 0.5) is 11.4 Å². The number of hydrogen-bond donors (Lipinski definition) is 1. The van der Waals surface area contributed by atoms with E-state index in [0.717, 1.165) is 16.9 Å². The topological polar surface area (TPSA) is 112 Å². The van der Waals surface area contributed by atoms with Gasteiger partial charge in [0, 0.05) is 12.6 Å². The number of para-hydroxylation sites is 2. The van der Waals surface area contributed by atoms with Crippen molar-refractivity contribution in [2.45, 2.75) is 32.2 Å². The Morgan fingerprint density at radius 3 is 2.66 bits per heavy atom. The van der Waals surface area contributed by atoms with Crippen molar-refractivity contribution in [3.8, 4) is 5.75 Å². The summed E-state index contributed by atoms with van der Waals surface area (Å²) in [5.74, 6) is 0.976. The molecule has 3 aromatic rings. The molecular weight excluding hydrogens is 430 g/mol. The van der Waals surface area contributed by atoms with Crippen LogP contribution in [0, 0.1) is 24.0 Å². The molecule has 1 aromatic heterocycles. The van der Waals surface area contributed by atoms with Crippen molar-refractivity contribution in [2.24, 2.45) is 0 Å². The molecule has 1 heterocycles. The third-order valence-corrected chi connectivity index (χ3v) is 5.34. The lowest BCUT2D eigenvalue weighted by Crippen LogP contribution is -2.16. The van der Waals surface area contributed by atoms with Crippen LogP contribution < -0.4 is 10.1 Å². The van der Waals surface area contributed by atoms with E-state index in [1.54, 1.807) is 18.2 Å². The van der Waals surface area contributed by atoms with Gasteiger partial charge in [0.15, 0.2) is 11.0 Å². The molecule has 0 saturated carbocycles. The van der Waals surface area contributed by atoms with Crippen LogP contribution in [-0.2, 0) is 17.9 Å². The first kappa shape index (κ1) is 23.0. The fourth-order valence-electron chi connectivity index (χ4n) is 3.06. The first-order valence-corrected chi connectivity index (χ1v) is 10.8. The summed E-state index contributed by atoms with van der Waals surface area (Å²) in [6, 6.07) is 12.0. The van der Waals surface area contributed by atoms with Crippen LogP contribution in [0.3, 0.4) is 0 Å². The monoisotopic (exact) mass is 453 g/mol. The zero-order valence-corrected chi connectivity index (χ0v) is 18.6. The molecule has 10 heteroatoms. The second-order valence-electron chi connectivity index (χ2n) is 7.02. The fourth-order valence-corrected chi connectivity index (χ4v) is 3.83. The van der Waals surface area contributed by atoms with Gasteiger partial charge in [0.25, 0.3) is 5.69 Å². The van der Waals surface area contributed by atoms with Crippen molar-refractivity contribution in [3.05, 3.63) is 82.2 Å². The molecule has 0 aliphatic rings. The molecule has 0 unspecified atom stereocenters. The molecule has 0 spiro atoms. The molecule has 166 valence electrons. The number of rotatable bonds is 10. The number of aromatic nitrogens is 3. The Bertz CT molecular complexity index is 1120. The van der Waals surface area contributed by atoms with Gasteiger partial charge in [0.1, 0.15) is 18.0 Å². The minimum absolute atomic E-state index is 0.0132. The highest BCUT2D eigenvalue weighted by Crippen LogP contribution is 2.24. The zero-order chi connectivity index (χ0) is 23.1. The second kappa shape index (κ2) is 10.6. The minimum Gasteiger partial charge on any atom is -0.486 e. The van der Waals surface area contributed by atoms with Gasteiger partial charge in [-0.15, -0.1) is 16.8 Å². The third kappa shape index (κ3) is 5.94. The molecule has 32 heavy (non-hydrogen) atoms. The maximum absolute atomic E-state index is 12.4. The number of carbonyl (C=O) groups is 1. The van der Waals surface area contributed by atoms with Crippen LogP contribution in [0.2, 0.25) is 0 Å². The summed E-state index contributed by atoms with van der Waals surface area (Å²) in [7, 11) is 0. The molecule has 2 aromatic carbocycles. The van der Waals surface area contributed by atoms with Crippen LogP contribution in [0.1, 0.15) is 17.0 Å². The number of ether oxygens (including phenoxy) is 1. The standard InChI is InChI=1S/C22H23N5O4S/c1-4-9-26-20(13-31-17-11-15(2)10-16(3)12-17)24-25-22(26)32-14-21(28)23-18-7-5-6-8-19(18)27(29)30/h4-8,10-12H,1,9,13-14H2,2-3H3,(H,23,28). The fraction of sp³-hybridized carbons (Fsp3) is 0.227. The van der Waals surface area contributed by atoms with E-state index in [9.17, 15) is 14.9 Å². The van der Waals surface area contributed by atoms with Gasteiger partial charge in [0.05, 0.1) is 10.7 Å². The van der Waals surface area contributed by atoms with Crippen molar-refractivity contribution in [3.63, 3.8) is 0 Å². The SMILES string of the molecule is C=CCn1c(COc2cc(C)cc(C)c2)nnc1SCC(=O)Nc1ccccc1[N+](=O)[O-]. The largest absolute Gasteiger partial charge is 0.486 e. The lowest BCUT2D eigenvalue weighted by molar-refractivity contribution is -0.383. The van der Waals surface area contributed by atoms with Gasteiger partial charge in [0.2, 0.25) is 5.91 Å². The Balaban J connectivity index is 1.65. The lowest BCUT2D eigenvalue weighted by atomic mass is 10.1. The number of benzene rings is 2. The van der Waals surface area contributed by atoms with Crippen LogP contribution >= 0.6 is 11.8 Å². The third-order valence-electron chi connectivity index (χ3n) is 4.38. The molecule has 1 amide bonds. The van der Waals surface area contributed by atoms with Gasteiger partial charge in [-0.2, -0.15) is 0 Å². The van der Waals surface area contributed by atoms with Crippen molar-refractivity contribution in [2.75, 3.05) is 11.1 Å². The molecule has 3 rings (SSSR count). The van der Waals surface area contributed by atoms with Gasteiger partial charge in [-0.05, 0) is 43.2 Å². The molecule has 0 fully saturated rings. The predicted octanol–water partition coefficient (Wildman–Crippen LogP) is 4.30. The van der Waals surface area contributed by atoms with Crippen LogP contribution in [0.25, 0.3) is 0 Å². The number of nitro benzene ring substituents is 1. The number of hydrogen-bond acceptors (Lipinski definition) is 7. The normalized spacial score (nSPS) is 10.6. The van der Waals surface area contributed by atoms with E-state index in [-0.39, 0.29) is 29.6 Å². The molecule has 0 saturated heterocycles. The molecular formula is C22H23N5O4S. The maximum Gasteiger partial charge on any atom is 0.292 e. The number of amides is 1. The van der Waals surface area contributed by atoms with E-state index in [0.29, 0.717) is 17.5 Å². The van der Waals surface area contributed by atoms with Crippen molar-refractivity contribution < 1.29 is 14.5 Å². The molecule has 0 aliphatic heterocycles. The van der Waals surface area contributed by atoms with Crippen molar-refractivity contribution in [1.29, 1.82) is 0 Å². The Labute approximate surface area is 189 Å². The number of aryl methyl sites for hydroxylation is 2. The summed E-state index contributed by atoms with van der Waals surface area (Å²) in [6.07, 6.45) is 1.71. The number of nitro groups is 1. The Kier molecular flexibility index (Phi) is 7.61. The molecule has 0 radical (unpaired) electrons. The van der Waals surface area contributed by atoms with Gasteiger partial charge < -0.3 is 10.1 Å². The number of carbonyl (C=O) groups excluding carboxylic acids is 1. The van der Waals surface area contributed by atoms with Crippen LogP contribution in [0.5, 0.6) is 5.75 Å². The molecule has 9 nitrogen and oxygen atoms in total. The Hall–Kier alpha value is -3.66. The average molecular weight is 454 g/mol. The second-order valence-corrected chi connectivity index (χ2v) is 7.96.